The smallest absolute Gasteiger partial charge is 0.229 e. The van der Waals surface area contributed by atoms with E-state index in [1.807, 2.05) is 13.1 Å². The lowest BCUT2D eigenvalue weighted by atomic mass is 9.83. The second-order valence-corrected chi connectivity index (χ2v) is 8.43. The first-order valence-corrected chi connectivity index (χ1v) is 11.2. The van der Waals surface area contributed by atoms with E-state index in [0.29, 0.717) is 0 Å². The first-order chi connectivity index (χ1) is 14.6. The van der Waals surface area contributed by atoms with E-state index in [1.165, 1.54) is 5.57 Å². The first-order valence-electron chi connectivity index (χ1n) is 11.2. The van der Waals surface area contributed by atoms with E-state index in [0.717, 1.165) is 61.3 Å². The Morgan fingerprint density at radius 3 is 2.40 bits per heavy atom. The maximum atomic E-state index is 12.8. The predicted octanol–water partition coefficient (Wildman–Crippen LogP) is 5.03. The Labute approximate surface area is 179 Å². The SMILES string of the molecule is CCC(CC)C(=O)N(C)c1ccc(C2=CC3(CCNCC3)Oc3ccccc32)cc1. The maximum Gasteiger partial charge on any atom is 0.229 e. The molecule has 158 valence electrons. The van der Waals surface area contributed by atoms with E-state index in [2.05, 4.69) is 67.7 Å². The summed E-state index contributed by atoms with van der Waals surface area (Å²) in [4.78, 5) is 14.5. The minimum atomic E-state index is -0.240. The average Bonchev–Trinajstić information content (AvgIpc) is 2.79. The predicted molar refractivity (Wildman–Crippen MR) is 123 cm³/mol. The minimum absolute atomic E-state index is 0.0829. The van der Waals surface area contributed by atoms with Gasteiger partial charge in [0.25, 0.3) is 0 Å². The van der Waals surface area contributed by atoms with Gasteiger partial charge in [0.15, 0.2) is 0 Å². The van der Waals surface area contributed by atoms with Gasteiger partial charge in [-0.25, -0.2) is 0 Å². The van der Waals surface area contributed by atoms with E-state index in [-0.39, 0.29) is 17.4 Å². The van der Waals surface area contributed by atoms with Crippen LogP contribution in [0.15, 0.2) is 54.6 Å². The summed E-state index contributed by atoms with van der Waals surface area (Å²) in [6, 6.07) is 16.7. The zero-order valence-electron chi connectivity index (χ0n) is 18.3. The number of para-hydroxylation sites is 1. The number of hydrogen-bond donors (Lipinski definition) is 1. The summed E-state index contributed by atoms with van der Waals surface area (Å²) in [5.41, 5.74) is 4.22. The molecule has 2 heterocycles. The number of anilines is 1. The molecule has 2 aromatic carbocycles. The summed E-state index contributed by atoms with van der Waals surface area (Å²) in [6.07, 6.45) is 6.01. The van der Waals surface area contributed by atoms with Crippen LogP contribution in [0.5, 0.6) is 5.75 Å². The van der Waals surface area contributed by atoms with Gasteiger partial charge in [-0.2, -0.15) is 0 Å². The Hall–Kier alpha value is -2.59. The molecule has 1 spiro atoms. The lowest BCUT2D eigenvalue weighted by molar-refractivity contribution is -0.122. The van der Waals surface area contributed by atoms with Gasteiger partial charge in [-0.05, 0) is 61.3 Å². The molecule has 4 nitrogen and oxygen atoms in total. The minimum Gasteiger partial charge on any atom is -0.482 e. The third-order valence-electron chi connectivity index (χ3n) is 6.58. The van der Waals surface area contributed by atoms with Crippen LogP contribution in [0.4, 0.5) is 5.69 Å². The molecule has 1 saturated heterocycles. The van der Waals surface area contributed by atoms with Gasteiger partial charge < -0.3 is 15.0 Å². The second kappa shape index (κ2) is 8.65. The van der Waals surface area contributed by atoms with Crippen molar-refractivity contribution in [2.75, 3.05) is 25.0 Å². The molecular formula is C26H32N2O2. The lowest BCUT2D eigenvalue weighted by Crippen LogP contribution is -2.46. The van der Waals surface area contributed by atoms with Crippen molar-refractivity contribution in [1.82, 2.24) is 5.32 Å². The van der Waals surface area contributed by atoms with Gasteiger partial charge in [0.05, 0.1) is 0 Å². The third-order valence-corrected chi connectivity index (χ3v) is 6.58. The molecule has 0 saturated carbocycles. The number of rotatable bonds is 5. The van der Waals surface area contributed by atoms with Crippen molar-refractivity contribution >= 4 is 17.2 Å². The molecule has 0 aliphatic carbocycles. The van der Waals surface area contributed by atoms with Crippen molar-refractivity contribution in [2.24, 2.45) is 5.92 Å². The van der Waals surface area contributed by atoms with Crippen LogP contribution >= 0.6 is 0 Å². The van der Waals surface area contributed by atoms with Gasteiger partial charge in [-0.3, -0.25) is 4.79 Å². The van der Waals surface area contributed by atoms with E-state index >= 15 is 0 Å². The summed E-state index contributed by atoms with van der Waals surface area (Å²) in [7, 11) is 1.88. The number of carbonyl (C=O) groups excluding carboxylic acids is 1. The Balaban J connectivity index is 1.66. The summed E-state index contributed by atoms with van der Waals surface area (Å²) in [5, 5.41) is 3.44. The number of piperidine rings is 1. The van der Waals surface area contributed by atoms with Crippen LogP contribution in [0.3, 0.4) is 0 Å². The van der Waals surface area contributed by atoms with E-state index in [9.17, 15) is 4.79 Å². The molecule has 2 aromatic rings. The van der Waals surface area contributed by atoms with E-state index < -0.39 is 0 Å². The number of ether oxygens (including phenoxy) is 1. The number of carbonyl (C=O) groups is 1. The number of nitrogens with zero attached hydrogens (tertiary/aromatic N) is 1. The van der Waals surface area contributed by atoms with Gasteiger partial charge in [-0.15, -0.1) is 0 Å². The summed E-state index contributed by atoms with van der Waals surface area (Å²) in [6.45, 7) is 6.09. The van der Waals surface area contributed by atoms with Crippen molar-refractivity contribution in [1.29, 1.82) is 0 Å². The fourth-order valence-corrected chi connectivity index (χ4v) is 4.61. The molecule has 2 aliphatic heterocycles. The molecule has 0 bridgehead atoms. The van der Waals surface area contributed by atoms with Crippen molar-refractivity contribution < 1.29 is 9.53 Å². The zero-order valence-corrected chi connectivity index (χ0v) is 18.3. The highest BCUT2D eigenvalue weighted by Gasteiger charge is 2.36. The van der Waals surface area contributed by atoms with Gasteiger partial charge in [-0.1, -0.05) is 44.2 Å². The quantitative estimate of drug-likeness (QED) is 0.760. The molecule has 0 unspecified atom stereocenters. The molecule has 0 radical (unpaired) electrons. The summed E-state index contributed by atoms with van der Waals surface area (Å²) in [5.74, 6) is 1.23. The number of fused-ring (bicyclic) bond motifs is 1. The number of hydrogen-bond acceptors (Lipinski definition) is 3. The number of amides is 1. The van der Waals surface area contributed by atoms with Crippen LogP contribution in [0.2, 0.25) is 0 Å². The van der Waals surface area contributed by atoms with Gasteiger partial charge in [0.1, 0.15) is 11.4 Å². The monoisotopic (exact) mass is 404 g/mol. The standard InChI is InChI=1S/C26H32N2O2/c1-4-19(5-2)25(29)28(3)21-12-10-20(11-13-21)23-18-26(14-16-27-17-15-26)30-24-9-7-6-8-22(23)24/h6-13,18-19,27H,4-5,14-17H2,1-3H3. The van der Waals surface area contributed by atoms with Crippen LogP contribution in [-0.4, -0.2) is 31.6 Å². The molecule has 4 heteroatoms. The van der Waals surface area contributed by atoms with Gasteiger partial charge in [0.2, 0.25) is 5.91 Å². The molecule has 4 rings (SSSR count). The normalized spacial score (nSPS) is 17.3. The highest BCUT2D eigenvalue weighted by Crippen LogP contribution is 2.42. The Morgan fingerprint density at radius 2 is 1.73 bits per heavy atom. The van der Waals surface area contributed by atoms with Crippen LogP contribution in [-0.2, 0) is 4.79 Å². The highest BCUT2D eigenvalue weighted by atomic mass is 16.5. The maximum absolute atomic E-state index is 12.8. The molecule has 1 N–H and O–H groups in total. The molecular weight excluding hydrogens is 372 g/mol. The fourth-order valence-electron chi connectivity index (χ4n) is 4.61. The molecule has 0 aromatic heterocycles. The molecule has 2 aliphatic rings. The number of benzene rings is 2. The first kappa shape index (κ1) is 20.7. The van der Waals surface area contributed by atoms with Crippen molar-refractivity contribution in [3.05, 3.63) is 65.7 Å². The lowest BCUT2D eigenvalue weighted by Gasteiger charge is -2.40. The number of nitrogens with one attached hydrogen (secondary N) is 1. The molecule has 0 atom stereocenters. The fraction of sp³-hybridized carbons (Fsp3) is 0.423. The van der Waals surface area contributed by atoms with Crippen LogP contribution < -0.4 is 15.0 Å². The Bertz CT molecular complexity index is 922. The highest BCUT2D eigenvalue weighted by molar-refractivity contribution is 5.95. The third kappa shape index (κ3) is 3.89. The molecule has 30 heavy (non-hydrogen) atoms. The van der Waals surface area contributed by atoms with Crippen LogP contribution in [0.25, 0.3) is 5.57 Å². The Kier molecular flexibility index (Phi) is 5.96. The molecule has 1 fully saturated rings. The van der Waals surface area contributed by atoms with Crippen LogP contribution in [0.1, 0.15) is 50.7 Å². The largest absolute Gasteiger partial charge is 0.482 e. The average molecular weight is 405 g/mol. The van der Waals surface area contributed by atoms with Crippen molar-refractivity contribution in [2.45, 2.75) is 45.1 Å². The second-order valence-electron chi connectivity index (χ2n) is 8.43. The van der Waals surface area contributed by atoms with E-state index in [1.54, 1.807) is 4.90 Å². The van der Waals surface area contributed by atoms with Gasteiger partial charge >= 0.3 is 0 Å². The zero-order chi connectivity index (χ0) is 21.1. The Morgan fingerprint density at radius 1 is 1.07 bits per heavy atom. The summed E-state index contributed by atoms with van der Waals surface area (Å²) < 4.78 is 6.49. The van der Waals surface area contributed by atoms with E-state index in [4.69, 9.17) is 4.74 Å². The van der Waals surface area contributed by atoms with Crippen molar-refractivity contribution in [3.63, 3.8) is 0 Å². The topological polar surface area (TPSA) is 41.6 Å². The summed E-state index contributed by atoms with van der Waals surface area (Å²) >= 11 is 0. The van der Waals surface area contributed by atoms with Crippen molar-refractivity contribution in [3.8, 4) is 5.75 Å². The molecule has 1 amide bonds. The van der Waals surface area contributed by atoms with Gasteiger partial charge in [0, 0.05) is 37.1 Å². The van der Waals surface area contributed by atoms with Crippen LogP contribution in [0, 0.1) is 5.92 Å².